The van der Waals surface area contributed by atoms with Crippen LogP contribution in [0.3, 0.4) is 0 Å². The van der Waals surface area contributed by atoms with E-state index in [4.69, 9.17) is 5.73 Å². The van der Waals surface area contributed by atoms with Crippen molar-refractivity contribution in [1.29, 1.82) is 0 Å². The lowest BCUT2D eigenvalue weighted by Gasteiger charge is -2.28. The lowest BCUT2D eigenvalue weighted by Crippen LogP contribution is -2.45. The van der Waals surface area contributed by atoms with Crippen molar-refractivity contribution in [3.63, 3.8) is 0 Å². The van der Waals surface area contributed by atoms with Crippen molar-refractivity contribution in [2.45, 2.75) is 45.6 Å². The van der Waals surface area contributed by atoms with Gasteiger partial charge >= 0.3 is 0 Å². The van der Waals surface area contributed by atoms with Crippen LogP contribution in [-0.2, 0) is 4.79 Å². The molecule has 0 aliphatic heterocycles. The Labute approximate surface area is 91.8 Å². The first kappa shape index (κ1) is 10.9. The summed E-state index contributed by atoms with van der Waals surface area (Å²) in [6.45, 7) is 4.54. The molecular weight excluding hydrogens is 188 g/mol. The van der Waals surface area contributed by atoms with Gasteiger partial charge in [-0.05, 0) is 44.9 Å². The van der Waals surface area contributed by atoms with Crippen molar-refractivity contribution < 1.29 is 4.79 Å². The highest BCUT2D eigenvalue weighted by Crippen LogP contribution is 2.44. The Morgan fingerprint density at radius 2 is 2.13 bits per heavy atom. The number of carbonyl (C=O) groups excluding carboxylic acids is 1. The van der Waals surface area contributed by atoms with Crippen molar-refractivity contribution in [3.05, 3.63) is 0 Å². The molecule has 15 heavy (non-hydrogen) atoms. The van der Waals surface area contributed by atoms with E-state index in [1.54, 1.807) is 0 Å². The fourth-order valence-corrected chi connectivity index (χ4v) is 2.97. The first-order valence-electron chi connectivity index (χ1n) is 6.02. The van der Waals surface area contributed by atoms with E-state index in [0.29, 0.717) is 6.04 Å². The molecule has 0 saturated heterocycles. The van der Waals surface area contributed by atoms with Gasteiger partial charge in [0.1, 0.15) is 0 Å². The summed E-state index contributed by atoms with van der Waals surface area (Å²) in [7, 11) is 0. The topological polar surface area (TPSA) is 55.1 Å². The molecule has 0 aromatic rings. The SMILES string of the molecule is CC(C)(CNC1CC2CCC1C2)C(N)=O. The lowest BCUT2D eigenvalue weighted by atomic mass is 9.90. The van der Waals surface area contributed by atoms with Crippen LogP contribution in [0.1, 0.15) is 39.5 Å². The van der Waals surface area contributed by atoms with Gasteiger partial charge in [-0.3, -0.25) is 4.79 Å². The van der Waals surface area contributed by atoms with Crippen molar-refractivity contribution >= 4 is 5.91 Å². The summed E-state index contributed by atoms with van der Waals surface area (Å²) in [6, 6.07) is 0.641. The minimum absolute atomic E-state index is 0.210. The van der Waals surface area contributed by atoms with Gasteiger partial charge in [0.2, 0.25) is 5.91 Å². The number of hydrogen-bond acceptors (Lipinski definition) is 2. The first-order chi connectivity index (χ1) is 6.99. The third-order valence-corrected chi connectivity index (χ3v) is 4.21. The molecule has 0 spiro atoms. The zero-order valence-corrected chi connectivity index (χ0v) is 9.75. The Morgan fingerprint density at radius 1 is 1.40 bits per heavy atom. The summed E-state index contributed by atoms with van der Waals surface area (Å²) in [5.41, 5.74) is 4.94. The summed E-state index contributed by atoms with van der Waals surface area (Å²) >= 11 is 0. The fraction of sp³-hybridized carbons (Fsp3) is 0.917. The summed E-state index contributed by atoms with van der Waals surface area (Å²) in [6.07, 6.45) is 5.50. The zero-order valence-electron chi connectivity index (χ0n) is 9.75. The van der Waals surface area contributed by atoms with E-state index >= 15 is 0 Å². The number of nitrogens with one attached hydrogen (secondary N) is 1. The van der Waals surface area contributed by atoms with Crippen molar-refractivity contribution in [2.24, 2.45) is 23.0 Å². The average Bonchev–Trinajstić information content (AvgIpc) is 2.75. The highest BCUT2D eigenvalue weighted by atomic mass is 16.1. The Hall–Kier alpha value is -0.570. The summed E-state index contributed by atoms with van der Waals surface area (Å²) in [5.74, 6) is 1.60. The van der Waals surface area contributed by atoms with E-state index < -0.39 is 5.41 Å². The molecule has 2 fully saturated rings. The van der Waals surface area contributed by atoms with Gasteiger partial charge in [0.25, 0.3) is 0 Å². The molecule has 0 aromatic heterocycles. The van der Waals surface area contributed by atoms with Gasteiger partial charge in [0.15, 0.2) is 0 Å². The molecule has 3 heteroatoms. The van der Waals surface area contributed by atoms with E-state index in [2.05, 4.69) is 5.32 Å². The van der Waals surface area contributed by atoms with Crippen LogP contribution < -0.4 is 11.1 Å². The lowest BCUT2D eigenvalue weighted by molar-refractivity contribution is -0.125. The average molecular weight is 210 g/mol. The molecule has 2 aliphatic rings. The number of primary amides is 1. The van der Waals surface area contributed by atoms with Crippen LogP contribution in [0.15, 0.2) is 0 Å². The highest BCUT2D eigenvalue weighted by molar-refractivity contribution is 5.80. The molecule has 3 atom stereocenters. The minimum atomic E-state index is -0.415. The molecule has 1 amide bonds. The van der Waals surface area contributed by atoms with Crippen molar-refractivity contribution in [2.75, 3.05) is 6.54 Å². The molecule has 2 bridgehead atoms. The quantitative estimate of drug-likeness (QED) is 0.734. The number of amides is 1. The third-order valence-electron chi connectivity index (χ3n) is 4.21. The molecule has 0 aromatic carbocycles. The fourth-order valence-electron chi connectivity index (χ4n) is 2.97. The second kappa shape index (κ2) is 3.78. The smallest absolute Gasteiger partial charge is 0.224 e. The number of fused-ring (bicyclic) bond motifs is 2. The molecule has 2 aliphatic carbocycles. The van der Waals surface area contributed by atoms with E-state index in [9.17, 15) is 4.79 Å². The molecule has 0 heterocycles. The summed E-state index contributed by atoms with van der Waals surface area (Å²) in [5, 5.41) is 3.53. The predicted molar refractivity (Wildman–Crippen MR) is 60.2 cm³/mol. The molecule has 3 unspecified atom stereocenters. The van der Waals surface area contributed by atoms with Crippen molar-refractivity contribution in [1.82, 2.24) is 5.32 Å². The van der Waals surface area contributed by atoms with Gasteiger partial charge in [-0.2, -0.15) is 0 Å². The molecule has 2 saturated carbocycles. The number of hydrogen-bond donors (Lipinski definition) is 2. The van der Waals surface area contributed by atoms with Crippen LogP contribution in [0.25, 0.3) is 0 Å². The maximum atomic E-state index is 11.2. The van der Waals surface area contributed by atoms with E-state index in [1.807, 2.05) is 13.8 Å². The largest absolute Gasteiger partial charge is 0.369 e. The van der Waals surface area contributed by atoms with Crippen LogP contribution in [0.4, 0.5) is 0 Å². The number of carbonyl (C=O) groups is 1. The maximum Gasteiger partial charge on any atom is 0.224 e. The van der Waals surface area contributed by atoms with Crippen LogP contribution in [-0.4, -0.2) is 18.5 Å². The number of rotatable bonds is 4. The van der Waals surface area contributed by atoms with Crippen LogP contribution in [0.2, 0.25) is 0 Å². The van der Waals surface area contributed by atoms with Crippen LogP contribution >= 0.6 is 0 Å². The zero-order chi connectivity index (χ0) is 11.1. The van der Waals surface area contributed by atoms with E-state index in [1.165, 1.54) is 25.7 Å². The first-order valence-corrected chi connectivity index (χ1v) is 6.02. The summed E-state index contributed by atoms with van der Waals surface area (Å²) < 4.78 is 0. The Morgan fingerprint density at radius 3 is 2.60 bits per heavy atom. The number of nitrogens with two attached hydrogens (primary N) is 1. The third kappa shape index (κ3) is 2.17. The normalized spacial score (nSPS) is 34.7. The minimum Gasteiger partial charge on any atom is -0.369 e. The van der Waals surface area contributed by atoms with E-state index in [-0.39, 0.29) is 5.91 Å². The van der Waals surface area contributed by atoms with Gasteiger partial charge in [0.05, 0.1) is 5.41 Å². The van der Waals surface area contributed by atoms with Crippen LogP contribution in [0, 0.1) is 17.3 Å². The van der Waals surface area contributed by atoms with Gasteiger partial charge in [-0.15, -0.1) is 0 Å². The van der Waals surface area contributed by atoms with Crippen LogP contribution in [0.5, 0.6) is 0 Å². The standard InChI is InChI=1S/C12H22N2O/c1-12(2,11(13)15)7-14-10-6-8-3-4-9(10)5-8/h8-10,14H,3-7H2,1-2H3,(H2,13,15). The molecule has 3 nitrogen and oxygen atoms in total. The Bertz CT molecular complexity index is 262. The second-order valence-corrected chi connectivity index (χ2v) is 5.91. The Balaban J connectivity index is 1.81. The predicted octanol–water partition coefficient (Wildman–Crippen LogP) is 1.28. The Kier molecular flexibility index (Phi) is 2.75. The molecule has 2 rings (SSSR count). The molecular formula is C12H22N2O. The molecule has 3 N–H and O–H groups in total. The molecule has 0 radical (unpaired) electrons. The highest BCUT2D eigenvalue weighted by Gasteiger charge is 2.40. The van der Waals surface area contributed by atoms with Gasteiger partial charge in [0, 0.05) is 12.6 Å². The molecule has 86 valence electrons. The summed E-state index contributed by atoms with van der Waals surface area (Å²) in [4.78, 5) is 11.2. The van der Waals surface area contributed by atoms with Gasteiger partial charge in [-0.1, -0.05) is 6.42 Å². The van der Waals surface area contributed by atoms with Crippen molar-refractivity contribution in [3.8, 4) is 0 Å². The second-order valence-electron chi connectivity index (χ2n) is 5.91. The van der Waals surface area contributed by atoms with E-state index in [0.717, 1.165) is 18.4 Å². The maximum absolute atomic E-state index is 11.2. The van der Waals surface area contributed by atoms with Gasteiger partial charge < -0.3 is 11.1 Å². The van der Waals surface area contributed by atoms with Gasteiger partial charge in [-0.25, -0.2) is 0 Å². The monoisotopic (exact) mass is 210 g/mol.